The molecular formula is C28H35N3O2. The summed E-state index contributed by atoms with van der Waals surface area (Å²) < 4.78 is 5.47. The molecule has 1 N–H and O–H groups in total. The van der Waals surface area contributed by atoms with E-state index in [0.717, 1.165) is 56.9 Å². The first-order valence-corrected chi connectivity index (χ1v) is 12.7. The van der Waals surface area contributed by atoms with E-state index in [0.29, 0.717) is 18.4 Å². The lowest BCUT2D eigenvalue weighted by molar-refractivity contribution is -0.149. The van der Waals surface area contributed by atoms with Crippen molar-refractivity contribution >= 4 is 11.7 Å². The molecule has 1 amide bonds. The Labute approximate surface area is 196 Å². The van der Waals surface area contributed by atoms with Gasteiger partial charge in [-0.15, -0.1) is 0 Å². The largest absolute Gasteiger partial charge is 0.378 e. The molecule has 5 nitrogen and oxygen atoms in total. The van der Waals surface area contributed by atoms with E-state index in [1.807, 2.05) is 12.3 Å². The van der Waals surface area contributed by atoms with Crippen molar-refractivity contribution in [1.82, 2.24) is 10.3 Å². The number of benzene rings is 1. The number of nitrogens with one attached hydrogen (secondary N) is 1. The van der Waals surface area contributed by atoms with Gasteiger partial charge in [0.1, 0.15) is 5.82 Å². The summed E-state index contributed by atoms with van der Waals surface area (Å²) in [6.45, 7) is 5.97. The maximum atomic E-state index is 13.7. The molecule has 1 aliphatic heterocycles. The number of rotatable bonds is 5. The number of morpholine rings is 1. The van der Waals surface area contributed by atoms with Crippen molar-refractivity contribution in [3.05, 3.63) is 59.3 Å². The third kappa shape index (κ3) is 3.84. The van der Waals surface area contributed by atoms with Gasteiger partial charge in [-0.2, -0.15) is 0 Å². The number of anilines is 1. The summed E-state index contributed by atoms with van der Waals surface area (Å²) in [4.78, 5) is 20.5. The molecule has 2 aromatic rings. The lowest BCUT2D eigenvalue weighted by atomic mass is 9.42. The molecule has 2 atom stereocenters. The smallest absolute Gasteiger partial charge is 0.226 e. The number of amides is 1. The second kappa shape index (κ2) is 8.12. The highest BCUT2D eigenvalue weighted by molar-refractivity contribution is 5.83. The Kier molecular flexibility index (Phi) is 5.21. The Morgan fingerprint density at radius 1 is 1.09 bits per heavy atom. The Bertz CT molecular complexity index is 1010. The zero-order chi connectivity index (χ0) is 22.5. The van der Waals surface area contributed by atoms with Gasteiger partial charge in [-0.25, -0.2) is 4.98 Å². The van der Waals surface area contributed by atoms with E-state index in [1.54, 1.807) is 0 Å². The van der Waals surface area contributed by atoms with Gasteiger partial charge in [0.05, 0.1) is 18.6 Å². The summed E-state index contributed by atoms with van der Waals surface area (Å²) >= 11 is 0. The van der Waals surface area contributed by atoms with Crippen molar-refractivity contribution in [3.63, 3.8) is 0 Å². The highest BCUT2D eigenvalue weighted by Gasteiger charge is 2.60. The number of ether oxygens (including phenoxy) is 1. The van der Waals surface area contributed by atoms with Gasteiger partial charge >= 0.3 is 0 Å². The van der Waals surface area contributed by atoms with Crippen LogP contribution in [-0.2, 0) is 21.5 Å². The van der Waals surface area contributed by atoms with Gasteiger partial charge in [-0.1, -0.05) is 29.8 Å². The molecule has 4 saturated carbocycles. The highest BCUT2D eigenvalue weighted by atomic mass is 16.5. The summed E-state index contributed by atoms with van der Waals surface area (Å²) in [6.07, 6.45) is 8.84. The first-order chi connectivity index (χ1) is 16.0. The molecule has 5 heteroatoms. The third-order valence-corrected chi connectivity index (χ3v) is 8.80. The van der Waals surface area contributed by atoms with E-state index in [-0.39, 0.29) is 16.7 Å². The summed E-state index contributed by atoms with van der Waals surface area (Å²) in [5.74, 6) is 2.63. The van der Waals surface area contributed by atoms with E-state index in [1.165, 1.54) is 30.4 Å². The van der Waals surface area contributed by atoms with Crippen LogP contribution in [-0.4, -0.2) is 37.2 Å². The number of carbonyl (C=O) groups excluding carboxylic acids is 1. The SMILES string of the molecule is Cc1ccc(C23CC4CC(CC(C(=O)NCc5ccnc(N6CCOCC6)c5)(C4)C2)C3)cc1. The second-order valence-electron chi connectivity index (χ2n) is 11.2. The van der Waals surface area contributed by atoms with Crippen molar-refractivity contribution in [2.75, 3.05) is 31.2 Å². The summed E-state index contributed by atoms with van der Waals surface area (Å²) in [6, 6.07) is 13.3. The molecule has 0 radical (unpaired) electrons. The minimum absolute atomic E-state index is 0.190. The van der Waals surface area contributed by atoms with Crippen molar-refractivity contribution in [2.45, 2.75) is 57.4 Å². The molecule has 1 saturated heterocycles. The number of nitrogens with zero attached hydrogens (tertiary/aromatic N) is 2. The van der Waals surface area contributed by atoms with Crippen LogP contribution in [0.15, 0.2) is 42.6 Å². The second-order valence-corrected chi connectivity index (χ2v) is 11.2. The summed E-state index contributed by atoms with van der Waals surface area (Å²) in [7, 11) is 0. The standard InChI is InChI=1S/C28H35N3O2/c1-20-2-4-24(5-3-20)27-14-22-12-23(15-27)17-28(16-22,19-27)26(32)30-18-21-6-7-29-25(13-21)31-8-10-33-11-9-31/h2-7,13,22-23H,8-12,14-19H2,1H3,(H,30,32). The quantitative estimate of drug-likeness (QED) is 0.742. The Morgan fingerprint density at radius 3 is 2.55 bits per heavy atom. The lowest BCUT2D eigenvalue weighted by Gasteiger charge is -2.61. The Morgan fingerprint density at radius 2 is 1.82 bits per heavy atom. The summed E-state index contributed by atoms with van der Waals surface area (Å²) in [5.41, 5.74) is 3.89. The molecule has 4 bridgehead atoms. The predicted octanol–water partition coefficient (Wildman–Crippen LogP) is 4.38. The Hall–Kier alpha value is -2.40. The van der Waals surface area contributed by atoms with Crippen LogP contribution in [0.1, 0.15) is 55.2 Å². The van der Waals surface area contributed by atoms with E-state index in [9.17, 15) is 4.79 Å². The lowest BCUT2D eigenvalue weighted by Crippen LogP contribution is -2.59. The van der Waals surface area contributed by atoms with Crippen LogP contribution >= 0.6 is 0 Å². The maximum Gasteiger partial charge on any atom is 0.226 e. The maximum absolute atomic E-state index is 13.7. The van der Waals surface area contributed by atoms with Crippen LogP contribution in [0.3, 0.4) is 0 Å². The first kappa shape index (κ1) is 21.2. The molecule has 1 aromatic heterocycles. The van der Waals surface area contributed by atoms with Gasteiger partial charge in [0.15, 0.2) is 0 Å². The highest BCUT2D eigenvalue weighted by Crippen LogP contribution is 2.65. The molecule has 2 heterocycles. The molecule has 2 unspecified atom stereocenters. The van der Waals surface area contributed by atoms with Gasteiger partial charge in [0, 0.05) is 25.8 Å². The molecule has 5 aliphatic rings. The van der Waals surface area contributed by atoms with Crippen molar-refractivity contribution < 1.29 is 9.53 Å². The molecule has 33 heavy (non-hydrogen) atoms. The zero-order valence-electron chi connectivity index (χ0n) is 19.7. The minimum Gasteiger partial charge on any atom is -0.378 e. The van der Waals surface area contributed by atoms with Crippen LogP contribution in [0, 0.1) is 24.2 Å². The fraction of sp³-hybridized carbons (Fsp3) is 0.571. The molecule has 174 valence electrons. The van der Waals surface area contributed by atoms with Gasteiger partial charge in [0.2, 0.25) is 5.91 Å². The monoisotopic (exact) mass is 445 g/mol. The molecule has 5 fully saturated rings. The first-order valence-electron chi connectivity index (χ1n) is 12.7. The summed E-state index contributed by atoms with van der Waals surface area (Å²) in [5, 5.41) is 3.35. The number of carbonyl (C=O) groups is 1. The van der Waals surface area contributed by atoms with E-state index >= 15 is 0 Å². The number of aryl methyl sites for hydroxylation is 1. The molecule has 1 aromatic carbocycles. The van der Waals surface area contributed by atoms with E-state index in [4.69, 9.17) is 4.74 Å². The molecule has 4 aliphatic carbocycles. The normalized spacial score (nSPS) is 32.7. The van der Waals surface area contributed by atoms with Crippen LogP contribution in [0.4, 0.5) is 5.82 Å². The number of pyridine rings is 1. The van der Waals surface area contributed by atoms with Crippen LogP contribution < -0.4 is 10.2 Å². The van der Waals surface area contributed by atoms with Crippen LogP contribution in [0.25, 0.3) is 0 Å². The average molecular weight is 446 g/mol. The van der Waals surface area contributed by atoms with Gasteiger partial charge in [-0.05, 0) is 86.0 Å². The fourth-order valence-electron chi connectivity index (χ4n) is 7.68. The van der Waals surface area contributed by atoms with Gasteiger partial charge < -0.3 is 15.0 Å². The number of hydrogen-bond donors (Lipinski definition) is 1. The van der Waals surface area contributed by atoms with Crippen molar-refractivity contribution in [3.8, 4) is 0 Å². The van der Waals surface area contributed by atoms with Crippen molar-refractivity contribution in [1.29, 1.82) is 0 Å². The topological polar surface area (TPSA) is 54.5 Å². The molecular weight excluding hydrogens is 410 g/mol. The molecule has 0 spiro atoms. The van der Waals surface area contributed by atoms with Crippen LogP contribution in [0.5, 0.6) is 0 Å². The van der Waals surface area contributed by atoms with Crippen molar-refractivity contribution in [2.24, 2.45) is 17.3 Å². The van der Waals surface area contributed by atoms with E-state index in [2.05, 4.69) is 52.5 Å². The molecule has 7 rings (SSSR count). The Balaban J connectivity index is 1.19. The number of hydrogen-bond acceptors (Lipinski definition) is 4. The minimum atomic E-state index is -0.199. The number of aromatic nitrogens is 1. The van der Waals surface area contributed by atoms with Gasteiger partial charge in [0.25, 0.3) is 0 Å². The fourth-order valence-corrected chi connectivity index (χ4v) is 7.68. The zero-order valence-corrected chi connectivity index (χ0v) is 19.7. The average Bonchev–Trinajstić information content (AvgIpc) is 2.83. The third-order valence-electron chi connectivity index (χ3n) is 8.80. The van der Waals surface area contributed by atoms with E-state index < -0.39 is 0 Å². The van der Waals surface area contributed by atoms with Gasteiger partial charge in [-0.3, -0.25) is 4.79 Å². The predicted molar refractivity (Wildman–Crippen MR) is 129 cm³/mol. The van der Waals surface area contributed by atoms with Crippen LogP contribution in [0.2, 0.25) is 0 Å².